The van der Waals surface area contributed by atoms with Crippen molar-refractivity contribution in [2.24, 2.45) is 0 Å². The molecule has 9 nitrogen and oxygen atoms in total. The Hall–Kier alpha value is -3.46. The molecule has 0 radical (unpaired) electrons. The molecule has 0 saturated carbocycles. The molecule has 5 rings (SSSR count). The van der Waals surface area contributed by atoms with Crippen LogP contribution in [0.1, 0.15) is 12.8 Å². The lowest BCUT2D eigenvalue weighted by Gasteiger charge is -2.32. The Balaban J connectivity index is 1.28. The SMILES string of the molecule is COc1ccccc1-c1[nH]nc2nc(NC3CCN(c4ccc(Cl)nn4)CC3)ncc12. The van der Waals surface area contributed by atoms with E-state index in [1.165, 1.54) is 0 Å². The second kappa shape index (κ2) is 8.35. The van der Waals surface area contributed by atoms with Crippen LogP contribution in [0.4, 0.5) is 11.8 Å². The number of methoxy groups -OCH3 is 1. The number of ether oxygens (including phenoxy) is 1. The molecule has 31 heavy (non-hydrogen) atoms. The molecule has 1 aromatic carbocycles. The quantitative estimate of drug-likeness (QED) is 0.489. The summed E-state index contributed by atoms with van der Waals surface area (Å²) in [6.45, 7) is 1.74. The van der Waals surface area contributed by atoms with E-state index in [0.29, 0.717) is 16.7 Å². The Bertz CT molecular complexity index is 1190. The summed E-state index contributed by atoms with van der Waals surface area (Å²) in [6, 6.07) is 11.7. The molecule has 0 unspecified atom stereocenters. The smallest absolute Gasteiger partial charge is 0.224 e. The lowest BCUT2D eigenvalue weighted by Crippen LogP contribution is -2.39. The largest absolute Gasteiger partial charge is 0.496 e. The molecular formula is C21H21ClN8O. The van der Waals surface area contributed by atoms with E-state index in [9.17, 15) is 0 Å². The van der Waals surface area contributed by atoms with E-state index in [1.807, 2.05) is 30.3 Å². The van der Waals surface area contributed by atoms with Gasteiger partial charge in [-0.05, 0) is 37.1 Å². The third-order valence-electron chi connectivity index (χ3n) is 5.46. The van der Waals surface area contributed by atoms with Crippen LogP contribution in [0.15, 0.2) is 42.6 Å². The summed E-state index contributed by atoms with van der Waals surface area (Å²) >= 11 is 5.83. The molecule has 10 heteroatoms. The molecule has 2 N–H and O–H groups in total. The molecule has 0 aliphatic carbocycles. The predicted octanol–water partition coefficient (Wildman–Crippen LogP) is 3.55. The van der Waals surface area contributed by atoms with E-state index in [2.05, 4.69) is 40.6 Å². The summed E-state index contributed by atoms with van der Waals surface area (Å²) in [7, 11) is 1.65. The minimum Gasteiger partial charge on any atom is -0.496 e. The molecule has 1 aliphatic rings. The number of nitrogens with one attached hydrogen (secondary N) is 2. The predicted molar refractivity (Wildman–Crippen MR) is 120 cm³/mol. The number of anilines is 2. The Labute approximate surface area is 183 Å². The molecule has 1 saturated heterocycles. The number of piperidine rings is 1. The zero-order valence-electron chi connectivity index (χ0n) is 16.9. The fourth-order valence-corrected chi connectivity index (χ4v) is 3.94. The van der Waals surface area contributed by atoms with Crippen LogP contribution in [0.5, 0.6) is 5.75 Å². The number of hydrogen-bond acceptors (Lipinski definition) is 8. The highest BCUT2D eigenvalue weighted by Gasteiger charge is 2.21. The van der Waals surface area contributed by atoms with E-state index in [1.54, 1.807) is 19.4 Å². The monoisotopic (exact) mass is 436 g/mol. The fraction of sp³-hybridized carbons (Fsp3) is 0.286. The highest BCUT2D eigenvalue weighted by atomic mass is 35.5. The van der Waals surface area contributed by atoms with Gasteiger partial charge in [-0.3, -0.25) is 5.10 Å². The summed E-state index contributed by atoms with van der Waals surface area (Å²) in [5.41, 5.74) is 2.39. The molecule has 0 atom stereocenters. The zero-order chi connectivity index (χ0) is 21.2. The number of fused-ring (bicyclic) bond motifs is 1. The number of hydrogen-bond donors (Lipinski definition) is 2. The Morgan fingerprint density at radius 1 is 1.13 bits per heavy atom. The van der Waals surface area contributed by atoms with Crippen LogP contribution in [0, 0.1) is 0 Å². The number of benzene rings is 1. The molecular weight excluding hydrogens is 416 g/mol. The third kappa shape index (κ3) is 3.96. The van der Waals surface area contributed by atoms with Crippen molar-refractivity contribution < 1.29 is 4.74 Å². The number of aromatic nitrogens is 6. The van der Waals surface area contributed by atoms with Crippen molar-refractivity contribution >= 4 is 34.4 Å². The van der Waals surface area contributed by atoms with Crippen LogP contribution >= 0.6 is 11.6 Å². The third-order valence-corrected chi connectivity index (χ3v) is 5.66. The molecule has 4 aromatic rings. The second-order valence-electron chi connectivity index (χ2n) is 7.35. The highest BCUT2D eigenvalue weighted by molar-refractivity contribution is 6.29. The Morgan fingerprint density at radius 2 is 1.97 bits per heavy atom. The number of rotatable bonds is 5. The Kier molecular flexibility index (Phi) is 5.25. The van der Waals surface area contributed by atoms with Crippen LogP contribution in [0.2, 0.25) is 5.15 Å². The van der Waals surface area contributed by atoms with Gasteiger partial charge in [0.15, 0.2) is 16.6 Å². The van der Waals surface area contributed by atoms with Crippen LogP contribution in [0.25, 0.3) is 22.3 Å². The van der Waals surface area contributed by atoms with Crippen LogP contribution in [-0.2, 0) is 0 Å². The molecule has 1 fully saturated rings. The lowest BCUT2D eigenvalue weighted by atomic mass is 10.1. The van der Waals surface area contributed by atoms with Crippen molar-refractivity contribution in [1.82, 2.24) is 30.4 Å². The molecule has 3 aromatic heterocycles. The van der Waals surface area contributed by atoms with Gasteiger partial charge in [-0.15, -0.1) is 10.2 Å². The van der Waals surface area contributed by atoms with Crippen molar-refractivity contribution in [2.75, 3.05) is 30.4 Å². The van der Waals surface area contributed by atoms with Gasteiger partial charge < -0.3 is 15.0 Å². The van der Waals surface area contributed by atoms with Gasteiger partial charge in [0.05, 0.1) is 18.2 Å². The van der Waals surface area contributed by atoms with Gasteiger partial charge in [-0.2, -0.15) is 10.1 Å². The Morgan fingerprint density at radius 3 is 2.74 bits per heavy atom. The van der Waals surface area contributed by atoms with E-state index < -0.39 is 0 Å². The van der Waals surface area contributed by atoms with E-state index in [4.69, 9.17) is 16.3 Å². The second-order valence-corrected chi connectivity index (χ2v) is 7.74. The van der Waals surface area contributed by atoms with E-state index >= 15 is 0 Å². The van der Waals surface area contributed by atoms with Crippen molar-refractivity contribution in [3.8, 4) is 17.0 Å². The first-order valence-corrected chi connectivity index (χ1v) is 10.4. The zero-order valence-corrected chi connectivity index (χ0v) is 17.7. The number of nitrogens with zero attached hydrogens (tertiary/aromatic N) is 6. The van der Waals surface area contributed by atoms with Crippen molar-refractivity contribution in [1.29, 1.82) is 0 Å². The van der Waals surface area contributed by atoms with Gasteiger partial charge in [0.25, 0.3) is 0 Å². The molecule has 4 heterocycles. The van der Waals surface area contributed by atoms with E-state index in [0.717, 1.165) is 54.1 Å². The topological polar surface area (TPSA) is 105 Å². The lowest BCUT2D eigenvalue weighted by molar-refractivity contribution is 0.416. The number of para-hydroxylation sites is 1. The molecule has 0 amide bonds. The van der Waals surface area contributed by atoms with Crippen LogP contribution in [0.3, 0.4) is 0 Å². The maximum atomic E-state index is 5.83. The summed E-state index contributed by atoms with van der Waals surface area (Å²) < 4.78 is 5.47. The standard InChI is InChI=1S/C21H21ClN8O/c1-31-16-5-3-2-4-14(16)19-15-12-23-21(25-20(15)29-28-19)24-13-8-10-30(11-9-13)18-7-6-17(22)26-27-18/h2-7,12-13H,8-11H2,1H3,(H2,23,24,25,28,29). The van der Waals surface area contributed by atoms with Crippen LogP contribution in [-0.4, -0.2) is 56.6 Å². The number of aromatic amines is 1. The molecule has 0 spiro atoms. The van der Waals surface area contributed by atoms with Gasteiger partial charge >= 0.3 is 0 Å². The van der Waals surface area contributed by atoms with Crippen molar-refractivity contribution in [3.63, 3.8) is 0 Å². The van der Waals surface area contributed by atoms with Gasteiger partial charge in [0.2, 0.25) is 5.95 Å². The molecule has 1 aliphatic heterocycles. The summed E-state index contributed by atoms with van der Waals surface area (Å²) in [4.78, 5) is 11.3. The number of halogens is 1. The maximum absolute atomic E-state index is 5.83. The van der Waals surface area contributed by atoms with Gasteiger partial charge in [-0.1, -0.05) is 23.7 Å². The van der Waals surface area contributed by atoms with Crippen LogP contribution < -0.4 is 15.0 Å². The first-order chi connectivity index (χ1) is 15.2. The first kappa shape index (κ1) is 19.5. The maximum Gasteiger partial charge on any atom is 0.224 e. The van der Waals surface area contributed by atoms with Crippen molar-refractivity contribution in [2.45, 2.75) is 18.9 Å². The molecule has 158 valence electrons. The first-order valence-electron chi connectivity index (χ1n) is 10.1. The average Bonchev–Trinajstić information content (AvgIpc) is 3.23. The highest BCUT2D eigenvalue weighted by Crippen LogP contribution is 2.32. The summed E-state index contributed by atoms with van der Waals surface area (Å²) in [6.07, 6.45) is 3.69. The van der Waals surface area contributed by atoms with Crippen molar-refractivity contribution in [3.05, 3.63) is 47.7 Å². The van der Waals surface area contributed by atoms with E-state index in [-0.39, 0.29) is 6.04 Å². The van der Waals surface area contributed by atoms with Gasteiger partial charge in [-0.25, -0.2) is 4.98 Å². The minimum absolute atomic E-state index is 0.279. The van der Waals surface area contributed by atoms with Gasteiger partial charge in [0.1, 0.15) is 5.75 Å². The summed E-state index contributed by atoms with van der Waals surface area (Å²) in [5.74, 6) is 2.20. The fourth-order valence-electron chi connectivity index (χ4n) is 3.84. The minimum atomic E-state index is 0.279. The molecule has 0 bridgehead atoms. The number of H-pyrrole nitrogens is 1. The summed E-state index contributed by atoms with van der Waals surface area (Å²) in [5, 5.41) is 20.2. The average molecular weight is 437 g/mol. The van der Waals surface area contributed by atoms with Gasteiger partial charge in [0, 0.05) is 30.9 Å². The normalized spacial score (nSPS) is 14.7.